The second kappa shape index (κ2) is 5.27. The van der Waals surface area contributed by atoms with Crippen LogP contribution in [0, 0.1) is 0 Å². The summed E-state index contributed by atoms with van der Waals surface area (Å²) in [5.74, 6) is 0.706. The predicted molar refractivity (Wildman–Crippen MR) is 69.9 cm³/mol. The molecule has 96 valence electrons. The Morgan fingerprint density at radius 2 is 1.94 bits per heavy atom. The fourth-order valence-corrected chi connectivity index (χ4v) is 2.02. The molecular weight excluding hydrogens is 226 g/mol. The molecule has 0 spiro atoms. The first kappa shape index (κ1) is 12.7. The Labute approximate surface area is 107 Å². The highest BCUT2D eigenvalue weighted by atomic mass is 15.6. The smallest absolute Gasteiger partial charge is 0.176 e. The van der Waals surface area contributed by atoms with Crippen molar-refractivity contribution in [1.82, 2.24) is 20.2 Å². The van der Waals surface area contributed by atoms with E-state index in [0.717, 1.165) is 12.8 Å². The fourth-order valence-electron chi connectivity index (χ4n) is 2.02. The first-order valence-corrected chi connectivity index (χ1v) is 6.17. The average molecular weight is 245 g/mol. The summed E-state index contributed by atoms with van der Waals surface area (Å²) in [5.41, 5.74) is 7.38. The van der Waals surface area contributed by atoms with Gasteiger partial charge >= 0.3 is 0 Å². The quantitative estimate of drug-likeness (QED) is 0.856. The molecule has 0 aliphatic heterocycles. The molecule has 5 heteroatoms. The van der Waals surface area contributed by atoms with Crippen molar-refractivity contribution in [1.29, 1.82) is 0 Å². The molecule has 2 N–H and O–H groups in total. The highest BCUT2D eigenvalue weighted by Crippen LogP contribution is 2.18. The second-order valence-corrected chi connectivity index (χ2v) is 4.75. The third-order valence-corrected chi connectivity index (χ3v) is 3.16. The lowest BCUT2D eigenvalue weighted by Crippen LogP contribution is -2.44. The number of hydrogen-bond acceptors (Lipinski definition) is 4. The highest BCUT2D eigenvalue weighted by Gasteiger charge is 2.25. The van der Waals surface area contributed by atoms with Crippen LogP contribution in [0.2, 0.25) is 0 Å². The largest absolute Gasteiger partial charge is 0.324 e. The molecule has 1 aromatic carbocycles. The third-order valence-electron chi connectivity index (χ3n) is 3.16. The summed E-state index contributed by atoms with van der Waals surface area (Å²) in [7, 11) is 1.76. The predicted octanol–water partition coefficient (Wildman–Crippen LogP) is 1.10. The van der Waals surface area contributed by atoms with Gasteiger partial charge in [0.25, 0.3) is 0 Å². The highest BCUT2D eigenvalue weighted by molar-refractivity contribution is 5.18. The summed E-state index contributed by atoms with van der Waals surface area (Å²) in [6.45, 7) is 2.10. The molecule has 2 aromatic rings. The van der Waals surface area contributed by atoms with Crippen LogP contribution in [-0.4, -0.2) is 25.7 Å². The number of aromatic nitrogens is 4. The van der Waals surface area contributed by atoms with Gasteiger partial charge in [0.15, 0.2) is 5.82 Å². The Morgan fingerprint density at radius 1 is 1.22 bits per heavy atom. The Balaban J connectivity index is 2.10. The summed E-state index contributed by atoms with van der Waals surface area (Å²) >= 11 is 0. The van der Waals surface area contributed by atoms with Crippen LogP contribution in [0.3, 0.4) is 0 Å². The van der Waals surface area contributed by atoms with E-state index in [1.54, 1.807) is 7.05 Å². The molecule has 2 rings (SSSR count). The van der Waals surface area contributed by atoms with Gasteiger partial charge in [0.2, 0.25) is 0 Å². The molecule has 0 saturated heterocycles. The van der Waals surface area contributed by atoms with Gasteiger partial charge < -0.3 is 5.73 Å². The van der Waals surface area contributed by atoms with Gasteiger partial charge in [-0.2, -0.15) is 4.80 Å². The second-order valence-electron chi connectivity index (χ2n) is 4.75. The number of nitrogens with two attached hydrogens (primary N) is 1. The monoisotopic (exact) mass is 245 g/mol. The normalized spacial score (nSPS) is 14.4. The van der Waals surface area contributed by atoms with Crippen LogP contribution in [0.1, 0.15) is 24.7 Å². The molecule has 0 aliphatic carbocycles. The maximum atomic E-state index is 6.45. The molecule has 5 nitrogen and oxygen atoms in total. The zero-order chi connectivity index (χ0) is 13.0. The average Bonchev–Trinajstić information content (AvgIpc) is 2.75. The topological polar surface area (TPSA) is 69.6 Å². The molecule has 18 heavy (non-hydrogen) atoms. The summed E-state index contributed by atoms with van der Waals surface area (Å²) < 4.78 is 0. The van der Waals surface area contributed by atoms with E-state index in [1.165, 1.54) is 10.4 Å². The van der Waals surface area contributed by atoms with E-state index in [1.807, 2.05) is 18.2 Å². The van der Waals surface area contributed by atoms with Crippen LogP contribution in [0.5, 0.6) is 0 Å². The van der Waals surface area contributed by atoms with Gasteiger partial charge in [-0.05, 0) is 23.6 Å². The molecular formula is C13H19N5. The van der Waals surface area contributed by atoms with Crippen LogP contribution >= 0.6 is 0 Å². The number of aryl methyl sites for hydroxylation is 1. The van der Waals surface area contributed by atoms with Gasteiger partial charge in [-0.1, -0.05) is 37.3 Å². The minimum atomic E-state index is -0.315. The fraction of sp³-hybridized carbons (Fsp3) is 0.462. The van der Waals surface area contributed by atoms with Crippen molar-refractivity contribution in [2.24, 2.45) is 12.8 Å². The van der Waals surface area contributed by atoms with Gasteiger partial charge in [0.1, 0.15) is 0 Å². The molecule has 0 saturated carbocycles. The van der Waals surface area contributed by atoms with Crippen molar-refractivity contribution in [3.63, 3.8) is 0 Å². The van der Waals surface area contributed by atoms with Crippen molar-refractivity contribution >= 4 is 0 Å². The zero-order valence-corrected chi connectivity index (χ0v) is 10.9. The zero-order valence-electron chi connectivity index (χ0n) is 10.9. The van der Waals surface area contributed by atoms with E-state index in [0.29, 0.717) is 12.2 Å². The summed E-state index contributed by atoms with van der Waals surface area (Å²) in [4.78, 5) is 1.47. The standard InChI is InChI=1S/C13H19N5/c1-3-13(14,9-11-7-5-4-6-8-11)10-12-15-17-18(2)16-12/h4-8H,3,9-10,14H2,1-2H3. The minimum absolute atomic E-state index is 0.315. The Kier molecular flexibility index (Phi) is 3.72. The van der Waals surface area contributed by atoms with Crippen molar-refractivity contribution < 1.29 is 0 Å². The van der Waals surface area contributed by atoms with Crippen LogP contribution in [0.25, 0.3) is 0 Å². The molecule has 1 unspecified atom stereocenters. The first-order chi connectivity index (χ1) is 8.61. The molecule has 1 atom stereocenters. The van der Waals surface area contributed by atoms with Crippen LogP contribution in [-0.2, 0) is 19.9 Å². The summed E-state index contributed by atoms with van der Waals surface area (Å²) in [5, 5.41) is 12.1. The Bertz CT molecular complexity index is 493. The summed E-state index contributed by atoms with van der Waals surface area (Å²) in [6.07, 6.45) is 2.34. The first-order valence-electron chi connectivity index (χ1n) is 6.17. The van der Waals surface area contributed by atoms with E-state index in [2.05, 4.69) is 34.5 Å². The lowest BCUT2D eigenvalue weighted by Gasteiger charge is -2.26. The van der Waals surface area contributed by atoms with Crippen molar-refractivity contribution in [2.45, 2.75) is 31.7 Å². The van der Waals surface area contributed by atoms with E-state index in [9.17, 15) is 0 Å². The molecule has 1 aromatic heterocycles. The number of benzene rings is 1. The van der Waals surface area contributed by atoms with E-state index in [4.69, 9.17) is 5.73 Å². The molecule has 0 aliphatic rings. The molecule has 0 amide bonds. The Morgan fingerprint density at radius 3 is 2.50 bits per heavy atom. The maximum Gasteiger partial charge on any atom is 0.176 e. The van der Waals surface area contributed by atoms with E-state index < -0.39 is 0 Å². The van der Waals surface area contributed by atoms with Crippen LogP contribution in [0.15, 0.2) is 30.3 Å². The van der Waals surface area contributed by atoms with Crippen molar-refractivity contribution in [3.8, 4) is 0 Å². The van der Waals surface area contributed by atoms with Crippen molar-refractivity contribution in [2.75, 3.05) is 0 Å². The SMILES string of the molecule is CCC(N)(Cc1ccccc1)Cc1nnn(C)n1. The Hall–Kier alpha value is -1.75. The lowest BCUT2D eigenvalue weighted by atomic mass is 9.86. The van der Waals surface area contributed by atoms with E-state index in [-0.39, 0.29) is 5.54 Å². The van der Waals surface area contributed by atoms with Gasteiger partial charge in [-0.25, -0.2) is 0 Å². The van der Waals surface area contributed by atoms with Gasteiger partial charge in [0.05, 0.1) is 7.05 Å². The van der Waals surface area contributed by atoms with Gasteiger partial charge in [-0.3, -0.25) is 0 Å². The van der Waals surface area contributed by atoms with Gasteiger partial charge in [0, 0.05) is 12.0 Å². The van der Waals surface area contributed by atoms with E-state index >= 15 is 0 Å². The van der Waals surface area contributed by atoms with Crippen LogP contribution in [0.4, 0.5) is 0 Å². The molecule has 0 bridgehead atoms. The van der Waals surface area contributed by atoms with Crippen molar-refractivity contribution in [3.05, 3.63) is 41.7 Å². The molecule has 1 heterocycles. The molecule has 0 radical (unpaired) electrons. The number of hydrogen-bond donors (Lipinski definition) is 1. The van der Waals surface area contributed by atoms with Crippen LogP contribution < -0.4 is 5.73 Å². The summed E-state index contributed by atoms with van der Waals surface area (Å²) in [6, 6.07) is 10.3. The minimum Gasteiger partial charge on any atom is -0.324 e. The molecule has 0 fully saturated rings. The third kappa shape index (κ3) is 3.13. The lowest BCUT2D eigenvalue weighted by molar-refractivity contribution is 0.395. The number of nitrogens with zero attached hydrogens (tertiary/aromatic N) is 4. The number of rotatable bonds is 5. The maximum absolute atomic E-state index is 6.45. The van der Waals surface area contributed by atoms with Gasteiger partial charge in [-0.15, -0.1) is 10.2 Å². The number of tetrazole rings is 1.